The van der Waals surface area contributed by atoms with Crippen molar-refractivity contribution in [1.29, 1.82) is 0 Å². The van der Waals surface area contributed by atoms with Crippen molar-refractivity contribution in [3.8, 4) is 5.75 Å². The molecular formula is C13H20N2O4S. The maximum Gasteiger partial charge on any atom is 0.412 e. The van der Waals surface area contributed by atoms with Crippen LogP contribution < -0.4 is 14.8 Å². The van der Waals surface area contributed by atoms with Gasteiger partial charge in [0.1, 0.15) is 5.75 Å². The number of rotatable bonds is 5. The molecule has 112 valence electrons. The van der Waals surface area contributed by atoms with Crippen LogP contribution in [0.15, 0.2) is 12.1 Å². The van der Waals surface area contributed by atoms with E-state index in [1.807, 2.05) is 0 Å². The first-order valence-corrected chi connectivity index (χ1v) is 7.95. The first-order chi connectivity index (χ1) is 9.29. The monoisotopic (exact) mass is 300 g/mol. The molecule has 20 heavy (non-hydrogen) atoms. The summed E-state index contributed by atoms with van der Waals surface area (Å²) in [7, 11) is -1.87. The highest BCUT2D eigenvalue weighted by Gasteiger charge is 2.14. The molecule has 0 atom stereocenters. The van der Waals surface area contributed by atoms with Crippen LogP contribution in [0.3, 0.4) is 0 Å². The van der Waals surface area contributed by atoms with Crippen LogP contribution in [-0.2, 0) is 10.0 Å². The second-order valence-corrected chi connectivity index (χ2v) is 6.33. The summed E-state index contributed by atoms with van der Waals surface area (Å²) in [6, 6.07) is 3.23. The van der Waals surface area contributed by atoms with Crippen molar-refractivity contribution in [2.24, 2.45) is 0 Å². The van der Waals surface area contributed by atoms with E-state index in [9.17, 15) is 13.2 Å². The number of benzene rings is 1. The van der Waals surface area contributed by atoms with E-state index in [-0.39, 0.29) is 5.75 Å². The Morgan fingerprint density at radius 2 is 1.80 bits per heavy atom. The molecule has 1 rings (SSSR count). The zero-order valence-corrected chi connectivity index (χ0v) is 12.9. The largest absolute Gasteiger partial charge is 0.412 e. The van der Waals surface area contributed by atoms with Crippen molar-refractivity contribution in [1.82, 2.24) is 5.32 Å². The summed E-state index contributed by atoms with van der Waals surface area (Å²) >= 11 is 0. The molecule has 0 aromatic heterocycles. The maximum absolute atomic E-state index is 11.8. The van der Waals surface area contributed by atoms with Crippen LogP contribution in [0, 0.1) is 13.8 Å². The number of sulfonamides is 1. The van der Waals surface area contributed by atoms with Crippen molar-refractivity contribution < 1.29 is 17.9 Å². The van der Waals surface area contributed by atoms with Gasteiger partial charge in [-0.1, -0.05) is 6.92 Å². The highest BCUT2D eigenvalue weighted by molar-refractivity contribution is 7.92. The number of aryl methyl sites for hydroxylation is 2. The molecule has 1 amide bonds. The minimum Gasteiger partial charge on any atom is -0.410 e. The van der Waals surface area contributed by atoms with Crippen LogP contribution in [0.5, 0.6) is 5.75 Å². The zero-order valence-electron chi connectivity index (χ0n) is 12.1. The maximum atomic E-state index is 11.8. The number of carbonyl (C=O) groups excluding carboxylic acids is 1. The molecule has 1 aromatic rings. The topological polar surface area (TPSA) is 84.5 Å². The van der Waals surface area contributed by atoms with Crippen LogP contribution in [0.1, 0.15) is 24.5 Å². The fourth-order valence-electron chi connectivity index (χ4n) is 1.78. The number of nitrogens with one attached hydrogen (secondary N) is 2. The van der Waals surface area contributed by atoms with Crippen molar-refractivity contribution in [3.63, 3.8) is 0 Å². The fourth-order valence-corrected chi connectivity index (χ4v) is 3.05. The standard InChI is InChI=1S/C13H20N2O4S/c1-5-6-20(17,18)15-12-9(2)7-11(8-10(12)3)19-13(16)14-4/h7-8,15H,5-6H2,1-4H3,(H,14,16). The van der Waals surface area contributed by atoms with Gasteiger partial charge in [0.2, 0.25) is 10.0 Å². The van der Waals surface area contributed by atoms with Gasteiger partial charge in [0, 0.05) is 7.05 Å². The third-order valence-electron chi connectivity index (χ3n) is 2.65. The molecular weight excluding hydrogens is 280 g/mol. The van der Waals surface area contributed by atoms with Gasteiger partial charge < -0.3 is 10.1 Å². The normalized spacial score (nSPS) is 11.0. The third-order valence-corrected chi connectivity index (χ3v) is 4.11. The SMILES string of the molecule is CCCS(=O)(=O)Nc1c(C)cc(OC(=O)NC)cc1C. The molecule has 0 aliphatic heterocycles. The Balaban J connectivity index is 3.03. The summed E-state index contributed by atoms with van der Waals surface area (Å²) in [5.41, 5.74) is 1.93. The fraction of sp³-hybridized carbons (Fsp3) is 0.462. The smallest absolute Gasteiger partial charge is 0.410 e. The van der Waals surface area contributed by atoms with E-state index in [4.69, 9.17) is 4.74 Å². The lowest BCUT2D eigenvalue weighted by atomic mass is 10.1. The van der Waals surface area contributed by atoms with Gasteiger partial charge in [0.05, 0.1) is 11.4 Å². The summed E-state index contributed by atoms with van der Waals surface area (Å²) in [6.45, 7) is 5.32. The van der Waals surface area contributed by atoms with Gasteiger partial charge in [0.15, 0.2) is 0 Å². The first kappa shape index (κ1) is 16.3. The van der Waals surface area contributed by atoms with Crippen LogP contribution in [0.25, 0.3) is 0 Å². The van der Waals surface area contributed by atoms with Crippen LogP contribution in [-0.4, -0.2) is 27.3 Å². The van der Waals surface area contributed by atoms with Crippen LogP contribution in [0.4, 0.5) is 10.5 Å². The quantitative estimate of drug-likeness (QED) is 0.873. The molecule has 0 heterocycles. The van der Waals surface area contributed by atoms with Crippen LogP contribution >= 0.6 is 0 Å². The predicted octanol–water partition coefficient (Wildman–Crippen LogP) is 2.17. The second-order valence-electron chi connectivity index (χ2n) is 4.49. The summed E-state index contributed by atoms with van der Waals surface area (Å²) in [6.07, 6.45) is -0.0196. The molecule has 0 aliphatic rings. The van der Waals surface area contributed by atoms with Crippen molar-refractivity contribution >= 4 is 21.8 Å². The summed E-state index contributed by atoms with van der Waals surface area (Å²) in [4.78, 5) is 11.2. The molecule has 0 radical (unpaired) electrons. The molecule has 0 bridgehead atoms. The van der Waals surface area contributed by atoms with E-state index in [2.05, 4.69) is 10.0 Å². The molecule has 1 aromatic carbocycles. The molecule has 2 N–H and O–H groups in total. The Bertz CT molecular complexity index is 573. The number of ether oxygens (including phenoxy) is 1. The lowest BCUT2D eigenvalue weighted by Gasteiger charge is -2.14. The average molecular weight is 300 g/mol. The van der Waals surface area contributed by atoms with E-state index in [0.717, 1.165) is 0 Å². The zero-order chi connectivity index (χ0) is 15.3. The van der Waals surface area contributed by atoms with E-state index in [1.165, 1.54) is 7.05 Å². The molecule has 7 heteroatoms. The highest BCUT2D eigenvalue weighted by atomic mass is 32.2. The lowest BCUT2D eigenvalue weighted by molar-refractivity contribution is 0.203. The Kier molecular flexibility index (Phi) is 5.38. The number of hydrogen-bond donors (Lipinski definition) is 2. The molecule has 0 aliphatic carbocycles. The van der Waals surface area contributed by atoms with Gasteiger partial charge in [-0.05, 0) is 43.5 Å². The second kappa shape index (κ2) is 6.60. The average Bonchev–Trinajstić information content (AvgIpc) is 2.33. The third kappa shape index (κ3) is 4.41. The van der Waals surface area contributed by atoms with Crippen molar-refractivity contribution in [3.05, 3.63) is 23.3 Å². The molecule has 0 spiro atoms. The number of amides is 1. The van der Waals surface area contributed by atoms with Crippen LogP contribution in [0.2, 0.25) is 0 Å². The van der Waals surface area contributed by atoms with Crippen molar-refractivity contribution in [2.75, 3.05) is 17.5 Å². The summed E-state index contributed by atoms with van der Waals surface area (Å²) in [5, 5.41) is 2.35. The van der Waals surface area contributed by atoms with E-state index >= 15 is 0 Å². The summed E-state index contributed by atoms with van der Waals surface area (Å²) < 4.78 is 31.2. The number of carbonyl (C=O) groups is 1. The van der Waals surface area contributed by atoms with E-state index in [0.29, 0.717) is 29.0 Å². The van der Waals surface area contributed by atoms with E-state index < -0.39 is 16.1 Å². The Labute approximate surface area is 119 Å². The predicted molar refractivity (Wildman–Crippen MR) is 78.7 cm³/mol. The Morgan fingerprint density at radius 3 is 2.25 bits per heavy atom. The van der Waals surface area contributed by atoms with Gasteiger partial charge in [0.25, 0.3) is 0 Å². The minimum atomic E-state index is -3.34. The minimum absolute atomic E-state index is 0.0718. The van der Waals surface area contributed by atoms with Gasteiger partial charge in [-0.2, -0.15) is 0 Å². The van der Waals surface area contributed by atoms with Gasteiger partial charge >= 0.3 is 6.09 Å². The number of anilines is 1. The first-order valence-electron chi connectivity index (χ1n) is 6.30. The molecule has 0 unspecified atom stereocenters. The molecule has 6 nitrogen and oxygen atoms in total. The lowest BCUT2D eigenvalue weighted by Crippen LogP contribution is -2.22. The molecule has 0 saturated carbocycles. The molecule has 0 saturated heterocycles. The van der Waals surface area contributed by atoms with E-state index in [1.54, 1.807) is 32.9 Å². The molecule has 0 fully saturated rings. The summed E-state index contributed by atoms with van der Waals surface area (Å²) in [5.74, 6) is 0.445. The number of hydrogen-bond acceptors (Lipinski definition) is 4. The van der Waals surface area contributed by atoms with Gasteiger partial charge in [-0.3, -0.25) is 4.72 Å². The van der Waals surface area contributed by atoms with Crippen molar-refractivity contribution in [2.45, 2.75) is 27.2 Å². The van der Waals surface area contributed by atoms with Gasteiger partial charge in [-0.15, -0.1) is 0 Å². The highest BCUT2D eigenvalue weighted by Crippen LogP contribution is 2.27. The Morgan fingerprint density at radius 1 is 1.25 bits per heavy atom. The van der Waals surface area contributed by atoms with Gasteiger partial charge in [-0.25, -0.2) is 13.2 Å². The Hall–Kier alpha value is -1.76.